The number of nitrogens with zero attached hydrogens (tertiary/aromatic N) is 1. The van der Waals surface area contributed by atoms with E-state index in [1.54, 1.807) is 17.3 Å². The topological polar surface area (TPSA) is 15.3 Å². The minimum Gasteiger partial charge on any atom is -0.384 e. The van der Waals surface area contributed by atoms with E-state index in [2.05, 4.69) is 24.3 Å². The molecule has 5 heteroatoms. The molecular formula is C15H22ClFN2S. The van der Waals surface area contributed by atoms with Crippen molar-refractivity contribution in [3.05, 3.63) is 41.3 Å². The Labute approximate surface area is 130 Å². The smallest absolute Gasteiger partial charge is 0.123 e. The Morgan fingerprint density at radius 2 is 2.05 bits per heavy atom. The van der Waals surface area contributed by atoms with Crippen molar-refractivity contribution in [2.24, 2.45) is 0 Å². The summed E-state index contributed by atoms with van der Waals surface area (Å²) >= 11 is 7.43. The molecule has 0 aromatic heterocycles. The first-order chi connectivity index (χ1) is 9.51. The van der Waals surface area contributed by atoms with Gasteiger partial charge >= 0.3 is 0 Å². The van der Waals surface area contributed by atoms with Crippen molar-refractivity contribution < 1.29 is 4.39 Å². The number of hydrogen-bond donors (Lipinski definition) is 1. The number of nitrogens with one attached hydrogen (secondary N) is 1. The van der Waals surface area contributed by atoms with Crippen LogP contribution < -0.4 is 5.32 Å². The lowest BCUT2D eigenvalue weighted by Gasteiger charge is -2.21. The molecule has 0 saturated heterocycles. The van der Waals surface area contributed by atoms with E-state index in [-0.39, 0.29) is 5.82 Å². The third-order valence-electron chi connectivity index (χ3n) is 2.79. The average Bonchev–Trinajstić information content (AvgIpc) is 2.43. The van der Waals surface area contributed by atoms with Crippen molar-refractivity contribution in [2.45, 2.75) is 24.3 Å². The molecule has 0 saturated carbocycles. The van der Waals surface area contributed by atoms with Gasteiger partial charge in [-0.15, -0.1) is 11.8 Å². The van der Waals surface area contributed by atoms with E-state index in [9.17, 15) is 4.39 Å². The number of allylic oxidation sites excluding steroid dienone is 1. The highest BCUT2D eigenvalue weighted by Crippen LogP contribution is 2.20. The highest BCUT2D eigenvalue weighted by molar-refractivity contribution is 7.99. The second kappa shape index (κ2) is 9.27. The second-order valence-corrected chi connectivity index (χ2v) is 6.30. The molecule has 1 aromatic rings. The van der Waals surface area contributed by atoms with Gasteiger partial charge < -0.3 is 10.2 Å². The average molecular weight is 317 g/mol. The van der Waals surface area contributed by atoms with Crippen LogP contribution in [0.4, 0.5) is 4.39 Å². The number of rotatable bonds is 8. The Kier molecular flexibility index (Phi) is 8.04. The van der Waals surface area contributed by atoms with E-state index in [1.807, 2.05) is 19.1 Å². The van der Waals surface area contributed by atoms with Gasteiger partial charge in [-0.25, -0.2) is 4.39 Å². The van der Waals surface area contributed by atoms with Crippen LogP contribution in [0.5, 0.6) is 0 Å². The third-order valence-corrected chi connectivity index (χ3v) is 4.29. The fourth-order valence-electron chi connectivity index (χ4n) is 1.69. The van der Waals surface area contributed by atoms with Crippen molar-refractivity contribution in [1.82, 2.24) is 10.2 Å². The first-order valence-electron chi connectivity index (χ1n) is 6.58. The summed E-state index contributed by atoms with van der Waals surface area (Å²) in [6, 6.07) is 6.95. The predicted molar refractivity (Wildman–Crippen MR) is 86.8 cm³/mol. The summed E-state index contributed by atoms with van der Waals surface area (Å²) in [5.41, 5.74) is 2.53. The summed E-state index contributed by atoms with van der Waals surface area (Å²) in [6.45, 7) is 2.97. The van der Waals surface area contributed by atoms with Crippen molar-refractivity contribution >= 4 is 23.4 Å². The highest BCUT2D eigenvalue weighted by atomic mass is 35.5. The largest absolute Gasteiger partial charge is 0.384 e. The molecule has 112 valence electrons. The summed E-state index contributed by atoms with van der Waals surface area (Å²) in [4.78, 5) is 3.24. The summed E-state index contributed by atoms with van der Waals surface area (Å²) in [7, 11) is 4.13. The quantitative estimate of drug-likeness (QED) is 0.732. The van der Waals surface area contributed by atoms with E-state index in [0.717, 1.165) is 29.3 Å². The molecule has 20 heavy (non-hydrogen) atoms. The Morgan fingerprint density at radius 3 is 2.60 bits per heavy atom. The molecule has 0 radical (unpaired) electrons. The summed E-state index contributed by atoms with van der Waals surface area (Å²) in [5, 5.41) is 3.41. The molecule has 1 rings (SSSR count). The van der Waals surface area contributed by atoms with E-state index in [1.165, 1.54) is 12.1 Å². The normalized spacial score (nSPS) is 13.6. The van der Waals surface area contributed by atoms with Crippen LogP contribution in [0.2, 0.25) is 0 Å². The first-order valence-corrected chi connectivity index (χ1v) is 8.00. The van der Waals surface area contributed by atoms with Gasteiger partial charge in [0, 0.05) is 27.9 Å². The van der Waals surface area contributed by atoms with Crippen molar-refractivity contribution in [3.63, 3.8) is 0 Å². The van der Waals surface area contributed by atoms with Crippen LogP contribution in [0.3, 0.4) is 0 Å². The molecule has 0 aliphatic rings. The molecule has 0 heterocycles. The lowest BCUT2D eigenvalue weighted by molar-refractivity contribution is 0.375. The summed E-state index contributed by atoms with van der Waals surface area (Å²) < 4.78 is 12.9. The fraction of sp³-hybridized carbons (Fsp3) is 0.467. The monoisotopic (exact) mass is 316 g/mol. The van der Waals surface area contributed by atoms with Crippen molar-refractivity contribution in [2.75, 3.05) is 26.4 Å². The van der Waals surface area contributed by atoms with Gasteiger partial charge in [0.25, 0.3) is 0 Å². The van der Waals surface area contributed by atoms with Crippen LogP contribution in [0.15, 0.2) is 40.4 Å². The zero-order valence-electron chi connectivity index (χ0n) is 12.2. The highest BCUT2D eigenvalue weighted by Gasteiger charge is 2.10. The number of benzene rings is 1. The van der Waals surface area contributed by atoms with Crippen LogP contribution >= 0.6 is 23.4 Å². The molecule has 1 unspecified atom stereocenters. The van der Waals surface area contributed by atoms with E-state index < -0.39 is 0 Å². The SMILES string of the molecule is C/C(=C/Cl)NC(CCN(C)C)CSc1ccc(F)cc1. The standard InChI is InChI=1S/C15H22ClFN2S/c1-12(10-16)18-14(8-9-19(2)3)11-20-15-6-4-13(17)5-7-15/h4-7,10,14,18H,8-9,11H2,1-3H3/b12-10-. The Bertz CT molecular complexity index is 420. The summed E-state index contributed by atoms with van der Waals surface area (Å²) in [6.07, 6.45) is 1.03. The van der Waals surface area contributed by atoms with Crippen LogP contribution in [-0.2, 0) is 0 Å². The molecule has 0 bridgehead atoms. The van der Waals surface area contributed by atoms with Gasteiger partial charge in [-0.2, -0.15) is 0 Å². The zero-order chi connectivity index (χ0) is 15.0. The maximum absolute atomic E-state index is 12.9. The van der Waals surface area contributed by atoms with Crippen molar-refractivity contribution in [1.29, 1.82) is 0 Å². The van der Waals surface area contributed by atoms with Crippen LogP contribution in [0.1, 0.15) is 13.3 Å². The minimum absolute atomic E-state index is 0.197. The van der Waals surface area contributed by atoms with Crippen molar-refractivity contribution in [3.8, 4) is 0 Å². The van der Waals surface area contributed by atoms with Gasteiger partial charge in [0.2, 0.25) is 0 Å². The maximum Gasteiger partial charge on any atom is 0.123 e. The van der Waals surface area contributed by atoms with Gasteiger partial charge in [-0.05, 0) is 58.3 Å². The minimum atomic E-state index is -0.197. The number of halogens is 2. The van der Waals surface area contributed by atoms with Gasteiger partial charge in [0.1, 0.15) is 5.82 Å². The van der Waals surface area contributed by atoms with Crippen LogP contribution in [-0.4, -0.2) is 37.3 Å². The molecule has 0 aliphatic heterocycles. The molecule has 2 nitrogen and oxygen atoms in total. The molecule has 0 amide bonds. The van der Waals surface area contributed by atoms with Gasteiger partial charge in [0.15, 0.2) is 0 Å². The van der Waals surface area contributed by atoms with E-state index in [4.69, 9.17) is 11.6 Å². The van der Waals surface area contributed by atoms with Crippen LogP contribution in [0.25, 0.3) is 0 Å². The predicted octanol–water partition coefficient (Wildman–Crippen LogP) is 3.93. The van der Waals surface area contributed by atoms with E-state index >= 15 is 0 Å². The first kappa shape index (κ1) is 17.3. The Hall–Kier alpha value is -0.710. The molecule has 0 aliphatic carbocycles. The van der Waals surface area contributed by atoms with Crippen LogP contribution in [0, 0.1) is 5.82 Å². The third kappa shape index (κ3) is 7.17. The molecule has 0 fully saturated rings. The number of hydrogen-bond acceptors (Lipinski definition) is 3. The van der Waals surface area contributed by atoms with Gasteiger partial charge in [0.05, 0.1) is 0 Å². The van der Waals surface area contributed by atoms with Gasteiger partial charge in [-0.1, -0.05) is 11.6 Å². The molecule has 1 N–H and O–H groups in total. The molecule has 1 aromatic carbocycles. The Morgan fingerprint density at radius 1 is 1.40 bits per heavy atom. The van der Waals surface area contributed by atoms with Gasteiger partial charge in [-0.3, -0.25) is 0 Å². The molecule has 1 atom stereocenters. The van der Waals surface area contributed by atoms with E-state index in [0.29, 0.717) is 6.04 Å². The molecule has 0 spiro atoms. The number of thioether (sulfide) groups is 1. The molecular weight excluding hydrogens is 295 g/mol. The zero-order valence-corrected chi connectivity index (χ0v) is 13.8. The Balaban J connectivity index is 2.52. The lowest BCUT2D eigenvalue weighted by Crippen LogP contribution is -2.33. The lowest BCUT2D eigenvalue weighted by atomic mass is 10.2. The fourth-order valence-corrected chi connectivity index (χ4v) is 2.73. The second-order valence-electron chi connectivity index (χ2n) is 4.99. The summed E-state index contributed by atoms with van der Waals surface area (Å²) in [5.74, 6) is 0.721. The maximum atomic E-state index is 12.9.